The van der Waals surface area contributed by atoms with Crippen molar-refractivity contribution in [3.05, 3.63) is 52.9 Å². The van der Waals surface area contributed by atoms with Crippen molar-refractivity contribution in [3.63, 3.8) is 0 Å². The zero-order valence-corrected chi connectivity index (χ0v) is 17.6. The zero-order chi connectivity index (χ0) is 23.1. The average molecular weight is 456 g/mol. The summed E-state index contributed by atoms with van der Waals surface area (Å²) in [4.78, 5) is 13.1. The van der Waals surface area contributed by atoms with Gasteiger partial charge >= 0.3 is 0 Å². The Kier molecular flexibility index (Phi) is 5.71. The molecule has 174 valence electrons. The highest BCUT2D eigenvalue weighted by Crippen LogP contribution is 2.35. The van der Waals surface area contributed by atoms with Crippen LogP contribution in [0.4, 0.5) is 0 Å². The van der Waals surface area contributed by atoms with Gasteiger partial charge in [-0.25, -0.2) is 0 Å². The largest absolute Gasteiger partial charge is 0.487 e. The van der Waals surface area contributed by atoms with Crippen molar-refractivity contribution < 1.29 is 39.1 Å². The molecule has 2 aromatic carbocycles. The minimum atomic E-state index is -1.44. The molecule has 2 aliphatic rings. The Bertz CT molecular complexity index is 1220. The second-order valence-electron chi connectivity index (χ2n) is 8.30. The van der Waals surface area contributed by atoms with Crippen molar-refractivity contribution in [2.45, 2.75) is 30.8 Å². The van der Waals surface area contributed by atoms with Crippen LogP contribution in [0.25, 0.3) is 22.1 Å². The van der Waals surface area contributed by atoms with Gasteiger partial charge in [-0.15, -0.1) is 0 Å². The first-order valence-corrected chi connectivity index (χ1v) is 10.7. The Morgan fingerprint density at radius 1 is 0.939 bits per heavy atom. The quantitative estimate of drug-likeness (QED) is 0.454. The number of hydrogen-bond acceptors (Lipinski definition) is 9. The smallest absolute Gasteiger partial charge is 0.200 e. The topological polar surface area (TPSA) is 139 Å². The van der Waals surface area contributed by atoms with Crippen molar-refractivity contribution >= 4 is 11.0 Å². The van der Waals surface area contributed by atoms with Crippen LogP contribution in [0.1, 0.15) is 6.42 Å². The van der Waals surface area contributed by atoms with Crippen LogP contribution in [-0.4, -0.2) is 64.7 Å². The van der Waals surface area contributed by atoms with Gasteiger partial charge in [0.05, 0.1) is 17.1 Å². The first-order valence-electron chi connectivity index (χ1n) is 10.7. The van der Waals surface area contributed by atoms with Gasteiger partial charge in [-0.05, 0) is 36.2 Å². The summed E-state index contributed by atoms with van der Waals surface area (Å²) in [5.41, 5.74) is 1.08. The minimum Gasteiger partial charge on any atom is -0.487 e. The summed E-state index contributed by atoms with van der Waals surface area (Å²) in [6, 6.07) is 9.94. The maximum atomic E-state index is 13.1. The van der Waals surface area contributed by atoms with Gasteiger partial charge in [-0.1, -0.05) is 6.07 Å². The van der Waals surface area contributed by atoms with Gasteiger partial charge in [0.25, 0.3) is 0 Å². The van der Waals surface area contributed by atoms with Crippen molar-refractivity contribution in [2.75, 3.05) is 19.8 Å². The molecule has 1 fully saturated rings. The molecule has 0 saturated heterocycles. The maximum Gasteiger partial charge on any atom is 0.200 e. The van der Waals surface area contributed by atoms with Gasteiger partial charge in [0.2, 0.25) is 0 Å². The summed E-state index contributed by atoms with van der Waals surface area (Å²) < 4.78 is 22.7. The van der Waals surface area contributed by atoms with Crippen molar-refractivity contribution in [1.29, 1.82) is 0 Å². The molecule has 1 saturated carbocycles. The second kappa shape index (κ2) is 8.68. The van der Waals surface area contributed by atoms with Crippen LogP contribution in [0.15, 0.2) is 51.9 Å². The number of aliphatic hydroxyl groups is 4. The highest BCUT2D eigenvalue weighted by Gasteiger charge is 2.43. The fraction of sp³-hybridized carbons (Fsp3) is 0.375. The van der Waals surface area contributed by atoms with E-state index in [-0.39, 0.29) is 18.5 Å². The summed E-state index contributed by atoms with van der Waals surface area (Å²) in [6.45, 7) is 0.573. The lowest BCUT2D eigenvalue weighted by atomic mass is 9.81. The number of hydrogen-bond donors (Lipinski definition) is 4. The molecule has 4 N–H and O–H groups in total. The van der Waals surface area contributed by atoms with E-state index in [2.05, 4.69) is 0 Å². The molecule has 0 unspecified atom stereocenters. The van der Waals surface area contributed by atoms with E-state index < -0.39 is 30.3 Å². The van der Waals surface area contributed by atoms with E-state index in [0.717, 1.165) is 0 Å². The van der Waals surface area contributed by atoms with Crippen LogP contribution < -0.4 is 19.6 Å². The van der Waals surface area contributed by atoms with Crippen LogP contribution in [-0.2, 0) is 0 Å². The average Bonchev–Trinajstić information content (AvgIpc) is 2.84. The predicted molar refractivity (Wildman–Crippen MR) is 117 cm³/mol. The van der Waals surface area contributed by atoms with E-state index in [1.165, 1.54) is 12.3 Å². The number of aliphatic hydroxyl groups excluding tert-OH is 4. The van der Waals surface area contributed by atoms with E-state index in [4.69, 9.17) is 18.6 Å². The van der Waals surface area contributed by atoms with E-state index >= 15 is 0 Å². The molecular weight excluding hydrogens is 432 g/mol. The third kappa shape index (κ3) is 3.93. The van der Waals surface area contributed by atoms with Gasteiger partial charge in [-0.3, -0.25) is 4.79 Å². The van der Waals surface area contributed by atoms with Crippen LogP contribution in [0, 0.1) is 5.92 Å². The lowest BCUT2D eigenvalue weighted by Crippen LogP contribution is -2.56. The minimum absolute atomic E-state index is 0.154. The summed E-state index contributed by atoms with van der Waals surface area (Å²) >= 11 is 0. The molecule has 1 aliphatic heterocycles. The van der Waals surface area contributed by atoms with Gasteiger partial charge in [0.15, 0.2) is 16.9 Å². The number of benzene rings is 2. The van der Waals surface area contributed by atoms with Crippen molar-refractivity contribution in [2.24, 2.45) is 5.92 Å². The number of ether oxygens (including phenoxy) is 3. The van der Waals surface area contributed by atoms with E-state index in [1.807, 2.05) is 0 Å². The van der Waals surface area contributed by atoms with Gasteiger partial charge in [0.1, 0.15) is 49.1 Å². The van der Waals surface area contributed by atoms with Gasteiger partial charge < -0.3 is 39.1 Å². The van der Waals surface area contributed by atoms with Crippen LogP contribution >= 0.6 is 0 Å². The third-order valence-electron chi connectivity index (χ3n) is 6.22. The first kappa shape index (κ1) is 21.7. The van der Waals surface area contributed by atoms with Crippen molar-refractivity contribution in [3.8, 4) is 28.4 Å². The molecule has 9 heteroatoms. The lowest BCUT2D eigenvalue weighted by Gasteiger charge is -2.39. The SMILES string of the molecule is O=c1c(-c2ccc3c(c2)OCCO3)coc2cc(O[C@@H]3C[C@@H](CO)[C@@H](O)[C@@H](O)[C@H]3O)ccc12. The summed E-state index contributed by atoms with van der Waals surface area (Å²) in [7, 11) is 0. The molecule has 0 spiro atoms. The molecule has 5 atom stereocenters. The molecule has 9 nitrogen and oxygen atoms in total. The Labute approximate surface area is 188 Å². The molecule has 5 rings (SSSR count). The molecular formula is C24H24O9. The molecule has 33 heavy (non-hydrogen) atoms. The predicted octanol–water partition coefficient (Wildman–Crippen LogP) is 1.07. The Hall–Kier alpha value is -3.11. The van der Waals surface area contributed by atoms with Gasteiger partial charge in [-0.2, -0.15) is 0 Å². The molecule has 0 radical (unpaired) electrons. The molecule has 1 aliphatic carbocycles. The maximum absolute atomic E-state index is 13.1. The van der Waals surface area contributed by atoms with Crippen molar-refractivity contribution in [1.82, 2.24) is 0 Å². The normalized spacial score (nSPS) is 26.8. The zero-order valence-electron chi connectivity index (χ0n) is 17.6. The molecule has 1 aromatic heterocycles. The summed E-state index contributed by atoms with van der Waals surface area (Å²) in [5.74, 6) is 0.895. The Balaban J connectivity index is 1.42. The summed E-state index contributed by atoms with van der Waals surface area (Å²) in [5, 5.41) is 40.1. The first-order chi connectivity index (χ1) is 16.0. The Morgan fingerprint density at radius 2 is 1.73 bits per heavy atom. The lowest BCUT2D eigenvalue weighted by molar-refractivity contribution is -0.156. The monoisotopic (exact) mass is 456 g/mol. The Morgan fingerprint density at radius 3 is 2.52 bits per heavy atom. The number of fused-ring (bicyclic) bond motifs is 2. The molecule has 2 heterocycles. The van der Waals surface area contributed by atoms with Gasteiger partial charge in [0, 0.05) is 18.6 Å². The second-order valence-corrected chi connectivity index (χ2v) is 8.30. The van der Waals surface area contributed by atoms with E-state index in [1.54, 1.807) is 30.3 Å². The molecule has 3 aromatic rings. The highest BCUT2D eigenvalue weighted by atomic mass is 16.6. The molecule has 0 bridgehead atoms. The van der Waals surface area contributed by atoms with Crippen LogP contribution in [0.2, 0.25) is 0 Å². The standard InChI is InChI=1S/C24H24O9/c25-10-13-8-20(23(28)24(29)21(13)26)33-14-2-3-15-18(9-14)32-11-16(22(15)27)12-1-4-17-19(7-12)31-6-5-30-17/h1-4,7,9,11,13,20-21,23-26,28-29H,5-6,8,10H2/t13-,20+,21+,23-,24+/m0/s1. The van der Waals surface area contributed by atoms with Crippen LogP contribution in [0.5, 0.6) is 17.2 Å². The fourth-order valence-corrected chi connectivity index (χ4v) is 4.35. The van der Waals surface area contributed by atoms with E-state index in [0.29, 0.717) is 52.6 Å². The van der Waals surface area contributed by atoms with E-state index in [9.17, 15) is 25.2 Å². The molecule has 0 amide bonds. The van der Waals surface area contributed by atoms with Crippen LogP contribution in [0.3, 0.4) is 0 Å². The number of rotatable bonds is 4. The highest BCUT2D eigenvalue weighted by molar-refractivity contribution is 5.83. The summed E-state index contributed by atoms with van der Waals surface area (Å²) in [6.07, 6.45) is -3.32. The third-order valence-corrected chi connectivity index (χ3v) is 6.22. The fourth-order valence-electron chi connectivity index (χ4n) is 4.35.